The molecule has 1 aromatic rings. The molecule has 1 aromatic heterocycles. The van der Waals surface area contributed by atoms with Crippen molar-refractivity contribution in [2.45, 2.75) is 37.9 Å². The summed E-state index contributed by atoms with van der Waals surface area (Å²) in [5.74, 6) is 1.04. The molecule has 0 aliphatic carbocycles. The van der Waals surface area contributed by atoms with Crippen LogP contribution >= 0.6 is 0 Å². The molecule has 0 aromatic carbocycles. The van der Waals surface area contributed by atoms with Gasteiger partial charge in [0.05, 0.1) is 6.54 Å². The molecule has 8 heteroatoms. The van der Waals surface area contributed by atoms with Gasteiger partial charge in [-0.15, -0.1) is 0 Å². The maximum absolute atomic E-state index is 5.97. The van der Waals surface area contributed by atoms with Gasteiger partial charge >= 0.3 is 0 Å². The van der Waals surface area contributed by atoms with Gasteiger partial charge < -0.3 is 17.2 Å². The molecule has 0 radical (unpaired) electrons. The second kappa shape index (κ2) is 6.08. The van der Waals surface area contributed by atoms with Crippen molar-refractivity contribution in [2.75, 3.05) is 37.6 Å². The van der Waals surface area contributed by atoms with Crippen LogP contribution in [0.3, 0.4) is 0 Å². The number of anilines is 2. The summed E-state index contributed by atoms with van der Waals surface area (Å²) in [4.78, 5) is 17.0. The lowest BCUT2D eigenvalue weighted by molar-refractivity contribution is 0.151. The molecular weight excluding hydrogens is 268 g/mol. The van der Waals surface area contributed by atoms with Gasteiger partial charge in [0.15, 0.2) is 0 Å². The van der Waals surface area contributed by atoms with Gasteiger partial charge in [0.1, 0.15) is 5.82 Å². The first-order valence-corrected chi connectivity index (χ1v) is 7.58. The maximum Gasteiger partial charge on any atom is 0.225 e. The minimum Gasteiger partial charge on any atom is -0.368 e. The van der Waals surface area contributed by atoms with Crippen molar-refractivity contribution >= 4 is 11.9 Å². The average Bonchev–Trinajstić information content (AvgIpc) is 2.87. The molecular formula is C13H24N8. The second-order valence-electron chi connectivity index (χ2n) is 6.02. The largest absolute Gasteiger partial charge is 0.368 e. The first-order chi connectivity index (χ1) is 10.1. The number of rotatable bonds is 3. The van der Waals surface area contributed by atoms with Crippen LogP contribution in [-0.2, 0) is 6.54 Å². The van der Waals surface area contributed by atoms with Crippen LogP contribution in [0.25, 0.3) is 0 Å². The normalized spacial score (nSPS) is 25.5. The summed E-state index contributed by atoms with van der Waals surface area (Å²) in [6.07, 6.45) is 3.40. The molecule has 21 heavy (non-hydrogen) atoms. The first kappa shape index (κ1) is 14.4. The molecule has 2 aliphatic rings. The lowest BCUT2D eigenvalue weighted by Gasteiger charge is -2.34. The van der Waals surface area contributed by atoms with Crippen LogP contribution in [0, 0.1) is 0 Å². The van der Waals surface area contributed by atoms with Gasteiger partial charge in [0, 0.05) is 25.2 Å². The summed E-state index contributed by atoms with van der Waals surface area (Å²) in [5, 5.41) is 0. The van der Waals surface area contributed by atoms with E-state index in [0.29, 0.717) is 24.5 Å². The SMILES string of the molecule is Nc1nc(N)nc(CN2CCC(N3CCC(N)CC3)C2)n1. The molecule has 3 rings (SSSR count). The summed E-state index contributed by atoms with van der Waals surface area (Å²) < 4.78 is 0. The molecule has 2 saturated heterocycles. The van der Waals surface area contributed by atoms with E-state index in [9.17, 15) is 0 Å². The van der Waals surface area contributed by atoms with Gasteiger partial charge in [-0.3, -0.25) is 9.80 Å². The van der Waals surface area contributed by atoms with Gasteiger partial charge in [0.25, 0.3) is 0 Å². The fraction of sp³-hybridized carbons (Fsp3) is 0.769. The van der Waals surface area contributed by atoms with Crippen molar-refractivity contribution in [3.05, 3.63) is 5.82 Å². The Hall–Kier alpha value is -1.51. The molecule has 8 nitrogen and oxygen atoms in total. The summed E-state index contributed by atoms with van der Waals surface area (Å²) >= 11 is 0. The van der Waals surface area contributed by atoms with Crippen molar-refractivity contribution in [1.29, 1.82) is 0 Å². The standard InChI is InChI=1S/C13H24N8/c14-9-1-5-21(6-2-9)10-3-4-20(7-10)8-11-17-12(15)19-13(16)18-11/h9-10H,1-8,14H2,(H4,15,16,17,18,19). The number of hydrogen-bond acceptors (Lipinski definition) is 8. The van der Waals surface area contributed by atoms with Crippen LogP contribution < -0.4 is 17.2 Å². The summed E-state index contributed by atoms with van der Waals surface area (Å²) in [7, 11) is 0. The van der Waals surface area contributed by atoms with Crippen LogP contribution in [0.4, 0.5) is 11.9 Å². The third kappa shape index (κ3) is 3.58. The summed E-state index contributed by atoms with van der Waals surface area (Å²) in [6, 6.07) is 1.00. The lowest BCUT2D eigenvalue weighted by atomic mass is 10.0. The number of piperidine rings is 1. The maximum atomic E-state index is 5.97. The number of nitrogens with two attached hydrogens (primary N) is 3. The van der Waals surface area contributed by atoms with Crippen LogP contribution in [0.1, 0.15) is 25.1 Å². The van der Waals surface area contributed by atoms with Gasteiger partial charge in [0.2, 0.25) is 11.9 Å². The third-order valence-electron chi connectivity index (χ3n) is 4.42. The van der Waals surface area contributed by atoms with Crippen molar-refractivity contribution in [3.8, 4) is 0 Å². The third-order valence-corrected chi connectivity index (χ3v) is 4.42. The fourth-order valence-corrected chi connectivity index (χ4v) is 3.27. The highest BCUT2D eigenvalue weighted by Crippen LogP contribution is 2.21. The molecule has 2 aliphatic heterocycles. The highest BCUT2D eigenvalue weighted by molar-refractivity contribution is 5.25. The van der Waals surface area contributed by atoms with Gasteiger partial charge in [-0.1, -0.05) is 0 Å². The van der Waals surface area contributed by atoms with Crippen LogP contribution in [-0.4, -0.2) is 63.0 Å². The van der Waals surface area contributed by atoms with E-state index >= 15 is 0 Å². The van der Waals surface area contributed by atoms with Crippen molar-refractivity contribution < 1.29 is 0 Å². The average molecular weight is 292 g/mol. The van der Waals surface area contributed by atoms with E-state index in [0.717, 1.165) is 39.0 Å². The number of nitrogen functional groups attached to an aromatic ring is 2. The highest BCUT2D eigenvalue weighted by Gasteiger charge is 2.30. The van der Waals surface area contributed by atoms with E-state index in [1.54, 1.807) is 0 Å². The zero-order valence-corrected chi connectivity index (χ0v) is 12.3. The lowest BCUT2D eigenvalue weighted by Crippen LogP contribution is -2.46. The molecule has 1 unspecified atom stereocenters. The molecule has 116 valence electrons. The Balaban J connectivity index is 1.54. The Labute approximate surface area is 124 Å². The molecule has 2 fully saturated rings. The molecule has 1 atom stereocenters. The number of nitrogens with zero attached hydrogens (tertiary/aromatic N) is 5. The molecule has 6 N–H and O–H groups in total. The van der Waals surface area contributed by atoms with E-state index < -0.39 is 0 Å². The molecule has 0 bridgehead atoms. The molecule has 0 amide bonds. The topological polar surface area (TPSA) is 123 Å². The van der Waals surface area contributed by atoms with Crippen molar-refractivity contribution in [3.63, 3.8) is 0 Å². The van der Waals surface area contributed by atoms with E-state index in [1.807, 2.05) is 0 Å². The Morgan fingerprint density at radius 3 is 2.29 bits per heavy atom. The van der Waals surface area contributed by atoms with E-state index in [1.165, 1.54) is 6.42 Å². The second-order valence-corrected chi connectivity index (χ2v) is 6.02. The van der Waals surface area contributed by atoms with Crippen molar-refractivity contribution in [1.82, 2.24) is 24.8 Å². The van der Waals surface area contributed by atoms with E-state index in [2.05, 4.69) is 24.8 Å². The Bertz CT molecular complexity index is 465. The zero-order chi connectivity index (χ0) is 14.8. The van der Waals surface area contributed by atoms with Crippen LogP contribution in [0.5, 0.6) is 0 Å². The summed E-state index contributed by atoms with van der Waals surface area (Å²) in [6.45, 7) is 5.01. The Kier molecular flexibility index (Phi) is 4.18. The van der Waals surface area contributed by atoms with Gasteiger partial charge in [-0.2, -0.15) is 15.0 Å². The number of hydrogen-bond donors (Lipinski definition) is 3. The quantitative estimate of drug-likeness (QED) is 0.650. The summed E-state index contributed by atoms with van der Waals surface area (Å²) in [5.41, 5.74) is 17.2. The predicted molar refractivity (Wildman–Crippen MR) is 81.1 cm³/mol. The molecule has 0 saturated carbocycles. The molecule has 3 heterocycles. The number of aromatic nitrogens is 3. The number of likely N-dealkylation sites (tertiary alicyclic amines) is 2. The molecule has 0 spiro atoms. The van der Waals surface area contributed by atoms with Crippen molar-refractivity contribution in [2.24, 2.45) is 5.73 Å². The van der Waals surface area contributed by atoms with Gasteiger partial charge in [-0.05, 0) is 32.4 Å². The minimum atomic E-state index is 0.193. The zero-order valence-electron chi connectivity index (χ0n) is 12.3. The fourth-order valence-electron chi connectivity index (χ4n) is 3.27. The first-order valence-electron chi connectivity index (χ1n) is 7.58. The monoisotopic (exact) mass is 292 g/mol. The smallest absolute Gasteiger partial charge is 0.225 e. The van der Waals surface area contributed by atoms with E-state index in [4.69, 9.17) is 17.2 Å². The van der Waals surface area contributed by atoms with Crippen LogP contribution in [0.2, 0.25) is 0 Å². The van der Waals surface area contributed by atoms with E-state index in [-0.39, 0.29) is 11.9 Å². The van der Waals surface area contributed by atoms with Crippen LogP contribution in [0.15, 0.2) is 0 Å². The van der Waals surface area contributed by atoms with Gasteiger partial charge in [-0.25, -0.2) is 0 Å². The predicted octanol–water partition coefficient (Wildman–Crippen LogP) is -0.967. The Morgan fingerprint density at radius 2 is 1.62 bits per heavy atom. The highest BCUT2D eigenvalue weighted by atomic mass is 15.3. The minimum absolute atomic E-state index is 0.193. The Morgan fingerprint density at radius 1 is 0.952 bits per heavy atom.